The van der Waals surface area contributed by atoms with Gasteiger partial charge in [-0.2, -0.15) is 5.10 Å². The molecule has 3 heteroatoms. The number of nitrogens with two attached hydrogens (primary N) is 1. The van der Waals surface area contributed by atoms with Gasteiger partial charge >= 0.3 is 0 Å². The topological polar surface area (TPSA) is 43.8 Å². The van der Waals surface area contributed by atoms with Crippen LogP contribution >= 0.6 is 0 Å². The van der Waals surface area contributed by atoms with E-state index in [1.54, 1.807) is 0 Å². The van der Waals surface area contributed by atoms with Crippen LogP contribution in [0.1, 0.15) is 42.8 Å². The molecule has 2 rings (SSSR count). The summed E-state index contributed by atoms with van der Waals surface area (Å²) in [5.74, 6) is 0. The van der Waals surface area contributed by atoms with Gasteiger partial charge in [0.15, 0.2) is 0 Å². The third-order valence-electron chi connectivity index (χ3n) is 3.09. The van der Waals surface area contributed by atoms with Gasteiger partial charge in [-0.25, -0.2) is 0 Å². The van der Waals surface area contributed by atoms with E-state index in [-0.39, 0.29) is 6.04 Å². The van der Waals surface area contributed by atoms with Gasteiger partial charge in [-0.05, 0) is 32.4 Å². The minimum atomic E-state index is 0.0143. The van der Waals surface area contributed by atoms with Crippen molar-refractivity contribution in [1.29, 1.82) is 0 Å². The molecule has 18 heavy (non-hydrogen) atoms. The molecule has 1 aromatic carbocycles. The second-order valence-corrected chi connectivity index (χ2v) is 5.11. The van der Waals surface area contributed by atoms with Crippen LogP contribution in [0.4, 0.5) is 0 Å². The van der Waals surface area contributed by atoms with Crippen LogP contribution in [0.25, 0.3) is 0 Å². The average Bonchev–Trinajstić information content (AvgIpc) is 2.77. The highest BCUT2D eigenvalue weighted by Crippen LogP contribution is 2.16. The van der Waals surface area contributed by atoms with E-state index in [0.717, 1.165) is 12.1 Å². The number of rotatable bonds is 4. The van der Waals surface area contributed by atoms with Crippen molar-refractivity contribution in [2.75, 3.05) is 0 Å². The maximum atomic E-state index is 6.23. The quantitative estimate of drug-likeness (QED) is 0.897. The predicted octanol–water partition coefficient (Wildman–Crippen LogP) is 3.01. The summed E-state index contributed by atoms with van der Waals surface area (Å²) < 4.78 is 1.97. The number of aromatic nitrogens is 2. The van der Waals surface area contributed by atoms with Gasteiger partial charge in [-0.1, -0.05) is 29.8 Å². The molecular weight excluding hydrogens is 222 g/mol. The molecule has 1 unspecified atom stereocenters. The molecule has 0 spiro atoms. The normalized spacial score (nSPS) is 12.9. The lowest BCUT2D eigenvalue weighted by molar-refractivity contribution is 0.522. The number of benzene rings is 1. The second-order valence-electron chi connectivity index (χ2n) is 5.11. The van der Waals surface area contributed by atoms with Crippen molar-refractivity contribution < 1.29 is 0 Å². The number of hydrogen-bond donors (Lipinski definition) is 1. The zero-order valence-corrected chi connectivity index (χ0v) is 11.3. The Kier molecular flexibility index (Phi) is 3.82. The van der Waals surface area contributed by atoms with E-state index in [0.29, 0.717) is 6.04 Å². The summed E-state index contributed by atoms with van der Waals surface area (Å²) in [6, 6.07) is 10.8. The summed E-state index contributed by atoms with van der Waals surface area (Å²) in [7, 11) is 0. The van der Waals surface area contributed by atoms with Gasteiger partial charge in [-0.15, -0.1) is 0 Å². The molecule has 96 valence electrons. The van der Waals surface area contributed by atoms with Crippen molar-refractivity contribution in [2.24, 2.45) is 5.73 Å². The molecule has 1 heterocycles. The van der Waals surface area contributed by atoms with Crippen LogP contribution in [0.15, 0.2) is 36.5 Å². The Morgan fingerprint density at radius 1 is 1.28 bits per heavy atom. The van der Waals surface area contributed by atoms with E-state index in [4.69, 9.17) is 5.73 Å². The Balaban J connectivity index is 2.08. The first-order valence-corrected chi connectivity index (χ1v) is 6.42. The Bertz CT molecular complexity index is 514. The van der Waals surface area contributed by atoms with Crippen molar-refractivity contribution >= 4 is 0 Å². The Hall–Kier alpha value is -1.61. The first kappa shape index (κ1) is 12.8. The maximum Gasteiger partial charge on any atom is 0.0643 e. The molecule has 0 aliphatic rings. The molecule has 0 saturated heterocycles. The first-order chi connectivity index (χ1) is 8.56. The van der Waals surface area contributed by atoms with Gasteiger partial charge in [-0.3, -0.25) is 4.68 Å². The van der Waals surface area contributed by atoms with Crippen LogP contribution in [0, 0.1) is 6.92 Å². The minimum absolute atomic E-state index is 0.0143. The molecule has 3 nitrogen and oxygen atoms in total. The van der Waals surface area contributed by atoms with Gasteiger partial charge in [0.05, 0.1) is 5.69 Å². The number of hydrogen-bond acceptors (Lipinski definition) is 2. The van der Waals surface area contributed by atoms with Gasteiger partial charge < -0.3 is 5.73 Å². The average molecular weight is 243 g/mol. The minimum Gasteiger partial charge on any atom is -0.324 e. The molecule has 1 aromatic heterocycles. The summed E-state index contributed by atoms with van der Waals surface area (Å²) in [5.41, 5.74) is 9.71. The molecule has 0 bridgehead atoms. The van der Waals surface area contributed by atoms with Gasteiger partial charge in [0.2, 0.25) is 0 Å². The fourth-order valence-corrected chi connectivity index (χ4v) is 2.02. The van der Waals surface area contributed by atoms with Crippen molar-refractivity contribution in [1.82, 2.24) is 9.78 Å². The zero-order chi connectivity index (χ0) is 13.1. The summed E-state index contributed by atoms with van der Waals surface area (Å²) in [6.07, 6.45) is 2.80. The maximum absolute atomic E-state index is 6.23. The van der Waals surface area contributed by atoms with Crippen LogP contribution in [-0.4, -0.2) is 9.78 Å². The van der Waals surface area contributed by atoms with Crippen LogP contribution in [0.5, 0.6) is 0 Å². The monoisotopic (exact) mass is 243 g/mol. The highest BCUT2D eigenvalue weighted by Gasteiger charge is 2.10. The fourth-order valence-electron chi connectivity index (χ4n) is 2.02. The molecule has 0 saturated carbocycles. The molecule has 2 N–H and O–H groups in total. The lowest BCUT2D eigenvalue weighted by atomic mass is 10.0. The smallest absolute Gasteiger partial charge is 0.0643 e. The Labute approximate surface area is 109 Å². The van der Waals surface area contributed by atoms with Crippen LogP contribution < -0.4 is 5.73 Å². The molecule has 0 amide bonds. The fraction of sp³-hybridized carbons (Fsp3) is 0.400. The largest absolute Gasteiger partial charge is 0.324 e. The molecule has 1 atom stereocenters. The van der Waals surface area contributed by atoms with E-state index in [2.05, 4.69) is 56.2 Å². The highest BCUT2D eigenvalue weighted by molar-refractivity contribution is 5.25. The first-order valence-electron chi connectivity index (χ1n) is 6.42. The third kappa shape index (κ3) is 2.99. The lowest BCUT2D eigenvalue weighted by Gasteiger charge is -2.11. The van der Waals surface area contributed by atoms with Crippen LogP contribution in [-0.2, 0) is 6.42 Å². The molecular formula is C15H21N3. The van der Waals surface area contributed by atoms with Gasteiger partial charge in [0.1, 0.15) is 0 Å². The van der Waals surface area contributed by atoms with Crippen LogP contribution in [0.3, 0.4) is 0 Å². The predicted molar refractivity (Wildman–Crippen MR) is 74.4 cm³/mol. The van der Waals surface area contributed by atoms with E-state index >= 15 is 0 Å². The van der Waals surface area contributed by atoms with E-state index in [9.17, 15) is 0 Å². The number of nitrogens with zero attached hydrogens (tertiary/aromatic N) is 2. The van der Waals surface area contributed by atoms with Crippen molar-refractivity contribution in [3.05, 3.63) is 53.3 Å². The van der Waals surface area contributed by atoms with Crippen molar-refractivity contribution in [3.63, 3.8) is 0 Å². The highest BCUT2D eigenvalue weighted by atomic mass is 15.3. The van der Waals surface area contributed by atoms with Crippen LogP contribution in [0.2, 0.25) is 0 Å². The van der Waals surface area contributed by atoms with Crippen molar-refractivity contribution in [2.45, 2.75) is 39.3 Å². The Morgan fingerprint density at radius 2 is 2.06 bits per heavy atom. The van der Waals surface area contributed by atoms with Gasteiger partial charge in [0.25, 0.3) is 0 Å². The summed E-state index contributed by atoms with van der Waals surface area (Å²) >= 11 is 0. The molecule has 2 aromatic rings. The Morgan fingerprint density at radius 3 is 2.67 bits per heavy atom. The summed E-state index contributed by atoms with van der Waals surface area (Å²) in [6.45, 7) is 6.33. The summed E-state index contributed by atoms with van der Waals surface area (Å²) in [4.78, 5) is 0. The zero-order valence-electron chi connectivity index (χ0n) is 11.3. The molecule has 0 radical (unpaired) electrons. The third-order valence-corrected chi connectivity index (χ3v) is 3.09. The molecule has 0 fully saturated rings. The number of aryl methyl sites for hydroxylation is 1. The molecule has 0 aliphatic carbocycles. The van der Waals surface area contributed by atoms with Crippen molar-refractivity contribution in [3.8, 4) is 0 Å². The van der Waals surface area contributed by atoms with E-state index < -0.39 is 0 Å². The van der Waals surface area contributed by atoms with E-state index in [1.807, 2.05) is 10.9 Å². The lowest BCUT2D eigenvalue weighted by Crippen LogP contribution is -2.14. The summed E-state index contributed by atoms with van der Waals surface area (Å²) in [5, 5.41) is 4.53. The standard InChI is InChI=1S/C15H21N3/c1-11(2)18-8-7-14(17-18)10-15(16)13-6-4-5-12(3)9-13/h4-9,11,15H,10,16H2,1-3H3. The van der Waals surface area contributed by atoms with Gasteiger partial charge in [0, 0.05) is 24.7 Å². The SMILES string of the molecule is Cc1cccc(C(N)Cc2ccn(C(C)C)n2)c1. The molecule has 0 aliphatic heterocycles. The second kappa shape index (κ2) is 5.36. The van der Waals surface area contributed by atoms with E-state index in [1.165, 1.54) is 11.1 Å².